The SMILES string of the molecule is O=c1[nH]cccc1Nc1ncc2[nH]c(=O)n(C3CCNCC3(F)F)c2n1. The predicted octanol–water partition coefficient (Wildman–Crippen LogP) is 0.721. The number of fused-ring (bicyclic) bond motifs is 1. The molecule has 1 atom stereocenters. The molecule has 4 rings (SSSR count). The maximum atomic E-state index is 14.3. The Kier molecular flexibility index (Phi) is 3.80. The molecule has 3 aromatic heterocycles. The zero-order valence-corrected chi connectivity index (χ0v) is 13.4. The van der Waals surface area contributed by atoms with Gasteiger partial charge in [0.2, 0.25) is 5.95 Å². The second-order valence-electron chi connectivity index (χ2n) is 6.01. The summed E-state index contributed by atoms with van der Waals surface area (Å²) in [5.74, 6) is -3.06. The number of rotatable bonds is 3. The molecule has 0 amide bonds. The number of pyridine rings is 1. The number of nitrogens with one attached hydrogen (secondary N) is 4. The van der Waals surface area contributed by atoms with Crippen molar-refractivity contribution in [2.75, 3.05) is 18.4 Å². The van der Waals surface area contributed by atoms with Crippen LogP contribution < -0.4 is 21.9 Å². The molecule has 0 radical (unpaired) electrons. The molecule has 1 aliphatic heterocycles. The highest BCUT2D eigenvalue weighted by atomic mass is 19.3. The topological polar surface area (TPSA) is 120 Å². The van der Waals surface area contributed by atoms with Gasteiger partial charge in [0.05, 0.1) is 12.7 Å². The third-order valence-corrected chi connectivity index (χ3v) is 4.28. The highest BCUT2D eigenvalue weighted by Crippen LogP contribution is 2.34. The Balaban J connectivity index is 1.79. The monoisotopic (exact) mass is 363 g/mol. The van der Waals surface area contributed by atoms with Gasteiger partial charge in [-0.2, -0.15) is 4.98 Å². The van der Waals surface area contributed by atoms with Gasteiger partial charge in [0.25, 0.3) is 11.5 Å². The molecule has 1 aliphatic rings. The molecule has 4 heterocycles. The largest absolute Gasteiger partial charge is 0.328 e. The first-order chi connectivity index (χ1) is 12.5. The van der Waals surface area contributed by atoms with Gasteiger partial charge in [-0.25, -0.2) is 18.6 Å². The Labute approximate surface area is 144 Å². The third kappa shape index (κ3) is 2.75. The number of anilines is 2. The molecule has 9 nitrogen and oxygen atoms in total. The Morgan fingerprint density at radius 1 is 1.35 bits per heavy atom. The summed E-state index contributed by atoms with van der Waals surface area (Å²) in [5, 5.41) is 5.36. The lowest BCUT2D eigenvalue weighted by Gasteiger charge is -2.32. The average molecular weight is 363 g/mol. The molecule has 0 spiro atoms. The van der Waals surface area contributed by atoms with Crippen molar-refractivity contribution in [3.8, 4) is 0 Å². The summed E-state index contributed by atoms with van der Waals surface area (Å²) < 4.78 is 29.6. The lowest BCUT2D eigenvalue weighted by Crippen LogP contribution is -2.48. The number of aromatic amines is 2. The molecule has 1 unspecified atom stereocenters. The van der Waals surface area contributed by atoms with Gasteiger partial charge in [-0.3, -0.25) is 9.36 Å². The van der Waals surface area contributed by atoms with Gasteiger partial charge in [0.1, 0.15) is 17.2 Å². The van der Waals surface area contributed by atoms with Crippen molar-refractivity contribution < 1.29 is 8.78 Å². The first kappa shape index (κ1) is 16.4. The highest BCUT2D eigenvalue weighted by molar-refractivity contribution is 5.72. The number of alkyl halides is 2. The van der Waals surface area contributed by atoms with E-state index in [4.69, 9.17) is 0 Å². The second kappa shape index (κ2) is 6.02. The molecule has 26 heavy (non-hydrogen) atoms. The summed E-state index contributed by atoms with van der Waals surface area (Å²) in [4.78, 5) is 37.2. The summed E-state index contributed by atoms with van der Waals surface area (Å²) in [7, 11) is 0. The highest BCUT2D eigenvalue weighted by Gasteiger charge is 2.44. The maximum Gasteiger partial charge on any atom is 0.328 e. The fourth-order valence-corrected chi connectivity index (χ4v) is 3.05. The second-order valence-corrected chi connectivity index (χ2v) is 6.01. The van der Waals surface area contributed by atoms with E-state index in [-0.39, 0.29) is 34.8 Å². The molecule has 0 saturated carbocycles. The Morgan fingerprint density at radius 2 is 2.19 bits per heavy atom. The van der Waals surface area contributed by atoms with Crippen LogP contribution >= 0.6 is 0 Å². The van der Waals surface area contributed by atoms with Crippen LogP contribution in [0.15, 0.2) is 34.1 Å². The number of hydrogen-bond acceptors (Lipinski definition) is 6. The van der Waals surface area contributed by atoms with E-state index in [0.717, 1.165) is 4.57 Å². The number of nitrogens with zero attached hydrogens (tertiary/aromatic N) is 3. The zero-order chi connectivity index (χ0) is 18.3. The van der Waals surface area contributed by atoms with Crippen LogP contribution in [0.3, 0.4) is 0 Å². The smallest absolute Gasteiger partial charge is 0.327 e. The Morgan fingerprint density at radius 3 is 2.96 bits per heavy atom. The molecule has 1 saturated heterocycles. The summed E-state index contributed by atoms with van der Waals surface area (Å²) in [6.45, 7) is -0.138. The van der Waals surface area contributed by atoms with Gasteiger partial charge in [-0.05, 0) is 25.1 Å². The van der Waals surface area contributed by atoms with E-state index in [2.05, 4.69) is 30.6 Å². The van der Waals surface area contributed by atoms with Crippen LogP contribution in [0.5, 0.6) is 0 Å². The van der Waals surface area contributed by atoms with Gasteiger partial charge >= 0.3 is 5.69 Å². The van der Waals surface area contributed by atoms with E-state index in [0.29, 0.717) is 6.54 Å². The predicted molar refractivity (Wildman–Crippen MR) is 90.0 cm³/mol. The Bertz CT molecular complexity index is 1070. The van der Waals surface area contributed by atoms with Crippen LogP contribution in [0.4, 0.5) is 20.4 Å². The molecule has 0 bridgehead atoms. The van der Waals surface area contributed by atoms with Crippen molar-refractivity contribution in [1.82, 2.24) is 29.8 Å². The summed E-state index contributed by atoms with van der Waals surface area (Å²) in [6, 6.07) is 1.83. The first-order valence-electron chi connectivity index (χ1n) is 7.96. The maximum absolute atomic E-state index is 14.3. The van der Waals surface area contributed by atoms with Crippen LogP contribution in [0.25, 0.3) is 11.2 Å². The van der Waals surface area contributed by atoms with Crippen molar-refractivity contribution in [1.29, 1.82) is 0 Å². The van der Waals surface area contributed by atoms with Gasteiger partial charge in [0, 0.05) is 6.20 Å². The van der Waals surface area contributed by atoms with Crippen LogP contribution in [0, 0.1) is 0 Å². The van der Waals surface area contributed by atoms with E-state index in [1.807, 2.05) is 0 Å². The van der Waals surface area contributed by atoms with Gasteiger partial charge < -0.3 is 20.6 Å². The fraction of sp³-hybridized carbons (Fsp3) is 0.333. The lowest BCUT2D eigenvalue weighted by atomic mass is 10.0. The van der Waals surface area contributed by atoms with Crippen LogP contribution in [0.2, 0.25) is 0 Å². The minimum absolute atomic E-state index is 0.0270. The van der Waals surface area contributed by atoms with E-state index in [1.165, 1.54) is 18.5 Å². The average Bonchev–Trinajstić information content (AvgIpc) is 2.92. The Hall–Kier alpha value is -3.08. The van der Waals surface area contributed by atoms with E-state index in [1.54, 1.807) is 6.07 Å². The van der Waals surface area contributed by atoms with Crippen LogP contribution in [-0.4, -0.2) is 43.5 Å². The van der Waals surface area contributed by atoms with E-state index < -0.39 is 24.2 Å². The van der Waals surface area contributed by atoms with Crippen molar-refractivity contribution in [2.24, 2.45) is 0 Å². The number of piperidine rings is 1. The fourth-order valence-electron chi connectivity index (χ4n) is 3.05. The van der Waals surface area contributed by atoms with E-state index >= 15 is 0 Å². The quantitative estimate of drug-likeness (QED) is 0.544. The summed E-state index contributed by atoms with van der Waals surface area (Å²) >= 11 is 0. The molecular weight excluding hydrogens is 348 g/mol. The minimum atomic E-state index is -3.09. The summed E-state index contributed by atoms with van der Waals surface area (Å²) in [6.07, 6.45) is 2.88. The first-order valence-corrected chi connectivity index (χ1v) is 7.96. The van der Waals surface area contributed by atoms with Crippen LogP contribution in [-0.2, 0) is 0 Å². The van der Waals surface area contributed by atoms with Crippen molar-refractivity contribution in [2.45, 2.75) is 18.4 Å². The minimum Gasteiger partial charge on any atom is -0.327 e. The van der Waals surface area contributed by atoms with Crippen molar-refractivity contribution in [3.63, 3.8) is 0 Å². The van der Waals surface area contributed by atoms with E-state index in [9.17, 15) is 18.4 Å². The third-order valence-electron chi connectivity index (χ3n) is 4.28. The molecule has 11 heteroatoms. The molecule has 4 N–H and O–H groups in total. The van der Waals surface area contributed by atoms with Gasteiger partial charge in [0.15, 0.2) is 5.65 Å². The zero-order valence-electron chi connectivity index (χ0n) is 13.4. The number of imidazole rings is 1. The number of halogens is 2. The summed E-state index contributed by atoms with van der Waals surface area (Å²) in [5.41, 5.74) is -0.546. The molecular formula is C15H15F2N7O2. The molecule has 0 aliphatic carbocycles. The normalized spacial score (nSPS) is 19.5. The van der Waals surface area contributed by atoms with Crippen LogP contribution in [0.1, 0.15) is 12.5 Å². The number of H-pyrrole nitrogens is 2. The van der Waals surface area contributed by atoms with Gasteiger partial charge in [-0.1, -0.05) is 0 Å². The lowest BCUT2D eigenvalue weighted by molar-refractivity contribution is -0.0657. The molecule has 1 fully saturated rings. The van der Waals surface area contributed by atoms with Crippen molar-refractivity contribution in [3.05, 3.63) is 45.4 Å². The van der Waals surface area contributed by atoms with Gasteiger partial charge in [-0.15, -0.1) is 0 Å². The molecule has 136 valence electrons. The van der Waals surface area contributed by atoms with Crippen molar-refractivity contribution >= 4 is 22.8 Å². The molecule has 3 aromatic rings. The molecule has 0 aromatic carbocycles. The number of aromatic nitrogens is 5. The standard InChI is InChI=1S/C15H15F2N7O2/c16-15(17)7-18-5-3-10(15)24-11-9(22-14(24)26)6-20-13(23-11)21-8-2-1-4-19-12(8)25/h1-2,4,6,10,18H,3,5,7H2,(H,19,25)(H,22,26)(H,20,21,23). The number of hydrogen-bond donors (Lipinski definition) is 4.